The van der Waals surface area contributed by atoms with Crippen LogP contribution >= 0.6 is 11.6 Å². The fourth-order valence-electron chi connectivity index (χ4n) is 3.16. The van der Waals surface area contributed by atoms with Gasteiger partial charge >= 0.3 is 0 Å². The van der Waals surface area contributed by atoms with Crippen LogP contribution < -0.4 is 5.32 Å². The van der Waals surface area contributed by atoms with Crippen LogP contribution in [0.15, 0.2) is 60.7 Å². The van der Waals surface area contributed by atoms with Gasteiger partial charge in [0.1, 0.15) is 5.75 Å². The van der Waals surface area contributed by atoms with Gasteiger partial charge in [0.25, 0.3) is 0 Å². The zero-order valence-corrected chi connectivity index (χ0v) is 15.6. The van der Waals surface area contributed by atoms with Gasteiger partial charge in [0.05, 0.1) is 6.04 Å². The first-order chi connectivity index (χ1) is 12.5. The fraction of sp³-hybridized carbons (Fsp3) is 0.227. The molecule has 3 aromatic carbocycles. The maximum absolute atomic E-state index is 12.5. The number of fused-ring (bicyclic) bond motifs is 1. The van der Waals surface area contributed by atoms with Gasteiger partial charge in [-0.1, -0.05) is 67.9 Å². The van der Waals surface area contributed by atoms with Crippen molar-refractivity contribution in [3.05, 3.63) is 76.8 Å². The van der Waals surface area contributed by atoms with Crippen molar-refractivity contribution in [2.24, 2.45) is 5.92 Å². The molecule has 0 heterocycles. The third kappa shape index (κ3) is 4.00. The Morgan fingerprint density at radius 2 is 1.73 bits per heavy atom. The number of aromatic hydroxyl groups is 1. The van der Waals surface area contributed by atoms with Gasteiger partial charge in [-0.2, -0.15) is 0 Å². The molecule has 26 heavy (non-hydrogen) atoms. The molecule has 0 aliphatic carbocycles. The van der Waals surface area contributed by atoms with Crippen LogP contribution in [0.4, 0.5) is 0 Å². The molecule has 0 fully saturated rings. The second-order valence-corrected chi connectivity index (χ2v) is 7.31. The molecule has 0 saturated heterocycles. The minimum atomic E-state index is -0.454. The Hall–Kier alpha value is -2.52. The Bertz CT molecular complexity index is 919. The van der Waals surface area contributed by atoms with Crippen LogP contribution in [0.1, 0.15) is 37.4 Å². The highest BCUT2D eigenvalue weighted by molar-refractivity contribution is 6.30. The van der Waals surface area contributed by atoms with Crippen LogP contribution in [0.2, 0.25) is 5.02 Å². The van der Waals surface area contributed by atoms with Crippen LogP contribution in [0.5, 0.6) is 5.75 Å². The first kappa shape index (κ1) is 18.3. The SMILES string of the molecule is CC(C)CC(=O)N[C@@H](c1ccc(Cl)cc1)c1c(O)ccc2ccccc12. The summed E-state index contributed by atoms with van der Waals surface area (Å²) in [5.41, 5.74) is 1.57. The molecular formula is C22H22ClNO2. The molecule has 0 aliphatic heterocycles. The number of hydrogen-bond acceptors (Lipinski definition) is 2. The number of phenolic OH excluding ortho intramolecular Hbond substituents is 1. The Kier molecular flexibility index (Phi) is 5.48. The average Bonchev–Trinajstić information content (AvgIpc) is 2.60. The lowest BCUT2D eigenvalue weighted by atomic mass is 9.92. The van der Waals surface area contributed by atoms with Gasteiger partial charge in [0.15, 0.2) is 0 Å². The zero-order chi connectivity index (χ0) is 18.7. The van der Waals surface area contributed by atoms with Gasteiger partial charge in [-0.25, -0.2) is 0 Å². The zero-order valence-electron chi connectivity index (χ0n) is 14.9. The normalized spacial score (nSPS) is 12.3. The van der Waals surface area contributed by atoms with E-state index in [1.165, 1.54) is 0 Å². The van der Waals surface area contributed by atoms with Crippen molar-refractivity contribution in [1.82, 2.24) is 5.32 Å². The van der Waals surface area contributed by atoms with Crippen LogP contribution in [-0.2, 0) is 4.79 Å². The Morgan fingerprint density at radius 1 is 1.04 bits per heavy atom. The molecule has 3 nitrogen and oxygen atoms in total. The Balaban J connectivity index is 2.13. The van der Waals surface area contributed by atoms with Gasteiger partial charge in [0, 0.05) is 17.0 Å². The lowest BCUT2D eigenvalue weighted by molar-refractivity contribution is -0.122. The summed E-state index contributed by atoms with van der Waals surface area (Å²) in [6, 6.07) is 18.3. The Morgan fingerprint density at radius 3 is 2.42 bits per heavy atom. The van der Waals surface area contributed by atoms with Gasteiger partial charge in [-0.05, 0) is 40.5 Å². The molecular weight excluding hydrogens is 346 g/mol. The maximum atomic E-state index is 12.5. The van der Waals surface area contributed by atoms with Crippen molar-refractivity contribution >= 4 is 28.3 Å². The summed E-state index contributed by atoms with van der Waals surface area (Å²) in [6.07, 6.45) is 0.426. The van der Waals surface area contributed by atoms with E-state index in [2.05, 4.69) is 5.32 Å². The molecule has 3 rings (SSSR count). The number of rotatable bonds is 5. The summed E-state index contributed by atoms with van der Waals surface area (Å²) in [4.78, 5) is 12.5. The largest absolute Gasteiger partial charge is 0.508 e. The Labute approximate surface area is 158 Å². The van der Waals surface area contributed by atoms with Crippen LogP contribution in [0.25, 0.3) is 10.8 Å². The molecule has 0 aliphatic rings. The number of halogens is 1. The van der Waals surface area contributed by atoms with E-state index in [1.54, 1.807) is 18.2 Å². The van der Waals surface area contributed by atoms with Gasteiger partial charge in [-0.15, -0.1) is 0 Å². The average molecular weight is 368 g/mol. The van der Waals surface area contributed by atoms with Crippen LogP contribution in [-0.4, -0.2) is 11.0 Å². The monoisotopic (exact) mass is 367 g/mol. The third-order valence-corrected chi connectivity index (χ3v) is 4.59. The van der Waals surface area contributed by atoms with E-state index >= 15 is 0 Å². The molecule has 4 heteroatoms. The summed E-state index contributed by atoms with van der Waals surface area (Å²) in [5, 5.41) is 16.3. The number of amides is 1. The van der Waals surface area contributed by atoms with Crippen LogP contribution in [0, 0.1) is 5.92 Å². The van der Waals surface area contributed by atoms with Crippen molar-refractivity contribution in [1.29, 1.82) is 0 Å². The van der Waals surface area contributed by atoms with Crippen molar-refractivity contribution in [3.63, 3.8) is 0 Å². The predicted molar refractivity (Wildman–Crippen MR) is 107 cm³/mol. The topological polar surface area (TPSA) is 49.3 Å². The van der Waals surface area contributed by atoms with E-state index in [9.17, 15) is 9.90 Å². The smallest absolute Gasteiger partial charge is 0.221 e. The number of carbonyl (C=O) groups is 1. The molecule has 0 radical (unpaired) electrons. The second kappa shape index (κ2) is 7.79. The van der Waals surface area contributed by atoms with Crippen molar-refractivity contribution in [2.75, 3.05) is 0 Å². The van der Waals surface area contributed by atoms with Gasteiger partial charge in [-0.3, -0.25) is 4.79 Å². The quantitative estimate of drug-likeness (QED) is 0.629. The summed E-state index contributed by atoms with van der Waals surface area (Å²) in [5.74, 6) is 0.364. The number of phenols is 1. The number of hydrogen-bond donors (Lipinski definition) is 2. The first-order valence-corrected chi connectivity index (χ1v) is 9.09. The summed E-state index contributed by atoms with van der Waals surface area (Å²) >= 11 is 6.03. The molecule has 0 bridgehead atoms. The minimum Gasteiger partial charge on any atom is -0.508 e. The first-order valence-electron chi connectivity index (χ1n) is 8.71. The predicted octanol–water partition coefficient (Wildman–Crippen LogP) is 5.45. The molecule has 0 aromatic heterocycles. The van der Waals surface area contributed by atoms with Gasteiger partial charge < -0.3 is 10.4 Å². The molecule has 0 unspecified atom stereocenters. The van der Waals surface area contributed by atoms with E-state index in [-0.39, 0.29) is 17.6 Å². The number of nitrogens with one attached hydrogen (secondary N) is 1. The standard InChI is InChI=1S/C22H22ClNO2/c1-14(2)13-20(26)24-22(16-7-10-17(23)11-8-16)21-18-6-4-3-5-15(18)9-12-19(21)25/h3-12,14,22,25H,13H2,1-2H3,(H,24,26)/t22-/m0/s1. The van der Waals surface area contributed by atoms with Crippen LogP contribution in [0.3, 0.4) is 0 Å². The van der Waals surface area contributed by atoms with E-state index in [1.807, 2.05) is 56.3 Å². The lowest BCUT2D eigenvalue weighted by Gasteiger charge is -2.23. The highest BCUT2D eigenvalue weighted by Gasteiger charge is 2.22. The highest BCUT2D eigenvalue weighted by atomic mass is 35.5. The van der Waals surface area contributed by atoms with Gasteiger partial charge in [0.2, 0.25) is 5.91 Å². The second-order valence-electron chi connectivity index (χ2n) is 6.87. The molecule has 1 amide bonds. The van der Waals surface area contributed by atoms with Crippen molar-refractivity contribution < 1.29 is 9.90 Å². The summed E-state index contributed by atoms with van der Waals surface area (Å²) in [6.45, 7) is 4.01. The molecule has 1 atom stereocenters. The highest BCUT2D eigenvalue weighted by Crippen LogP contribution is 2.36. The maximum Gasteiger partial charge on any atom is 0.221 e. The number of benzene rings is 3. The molecule has 0 saturated carbocycles. The fourth-order valence-corrected chi connectivity index (χ4v) is 3.28. The minimum absolute atomic E-state index is 0.0488. The molecule has 2 N–H and O–H groups in total. The van der Waals surface area contributed by atoms with E-state index < -0.39 is 6.04 Å². The molecule has 0 spiro atoms. The van der Waals surface area contributed by atoms with E-state index in [0.717, 1.165) is 16.3 Å². The van der Waals surface area contributed by atoms with Crippen molar-refractivity contribution in [3.8, 4) is 5.75 Å². The third-order valence-electron chi connectivity index (χ3n) is 4.34. The molecule has 3 aromatic rings. The van der Waals surface area contributed by atoms with E-state index in [0.29, 0.717) is 17.0 Å². The summed E-state index contributed by atoms with van der Waals surface area (Å²) in [7, 11) is 0. The number of carbonyl (C=O) groups excluding carboxylic acids is 1. The summed E-state index contributed by atoms with van der Waals surface area (Å²) < 4.78 is 0. The van der Waals surface area contributed by atoms with Crippen molar-refractivity contribution in [2.45, 2.75) is 26.3 Å². The van der Waals surface area contributed by atoms with E-state index in [4.69, 9.17) is 11.6 Å². The molecule has 134 valence electrons. The lowest BCUT2D eigenvalue weighted by Crippen LogP contribution is -2.30.